The Hall–Kier alpha value is -0.760. The molecule has 6 nitrogen and oxygen atoms in total. The van der Waals surface area contributed by atoms with Crippen molar-refractivity contribution in [2.45, 2.75) is 23.6 Å². The van der Waals surface area contributed by atoms with Crippen LogP contribution < -0.4 is 0 Å². The zero-order valence-corrected chi connectivity index (χ0v) is 11.2. The minimum atomic E-state index is -1.47. The summed E-state index contributed by atoms with van der Waals surface area (Å²) in [4.78, 5) is 19.5. The Labute approximate surface area is 105 Å². The molecule has 0 saturated carbocycles. The van der Waals surface area contributed by atoms with Crippen LogP contribution in [0.4, 0.5) is 0 Å². The van der Waals surface area contributed by atoms with Gasteiger partial charge in [-0.3, -0.25) is 0 Å². The van der Waals surface area contributed by atoms with Gasteiger partial charge in [-0.1, -0.05) is 0 Å². The number of thiol groups is 2. The molecule has 0 aliphatic heterocycles. The van der Waals surface area contributed by atoms with E-state index in [0.717, 1.165) is 0 Å². The largest absolute Gasteiger partial charge is 0.467 e. The van der Waals surface area contributed by atoms with Gasteiger partial charge in [0.1, 0.15) is 0 Å². The molecule has 0 radical (unpaired) electrons. The lowest BCUT2D eigenvalue weighted by Gasteiger charge is -2.18. The van der Waals surface area contributed by atoms with Crippen molar-refractivity contribution in [3.05, 3.63) is 0 Å². The molecule has 0 bridgehead atoms. The SMILES string of the molecule is COC(=O)C(C)(S)N=NC(C)(S)C(=O)OC. The molecule has 8 heteroatoms. The topological polar surface area (TPSA) is 77.3 Å². The van der Waals surface area contributed by atoms with E-state index in [1.165, 1.54) is 28.1 Å². The van der Waals surface area contributed by atoms with Gasteiger partial charge in [0, 0.05) is 0 Å². The number of methoxy groups -OCH3 is 2. The fourth-order valence-electron chi connectivity index (χ4n) is 0.663. The standard InChI is InChI=1S/C8H14N2O4S2/c1-7(15,5(11)13-3)9-10-8(2,16)6(12)14-4/h15-16H,1-4H3. The van der Waals surface area contributed by atoms with Crippen LogP contribution in [0.25, 0.3) is 0 Å². The molecule has 0 heterocycles. The quantitative estimate of drug-likeness (QED) is 0.453. The lowest BCUT2D eigenvalue weighted by molar-refractivity contribution is -0.144. The van der Waals surface area contributed by atoms with Crippen LogP contribution in [0.15, 0.2) is 10.2 Å². The Kier molecular flexibility index (Phi) is 5.27. The molecule has 0 fully saturated rings. The Balaban J connectivity index is 4.84. The summed E-state index contributed by atoms with van der Waals surface area (Å²) in [5.41, 5.74) is 0. The van der Waals surface area contributed by atoms with Gasteiger partial charge in [0.15, 0.2) is 0 Å². The summed E-state index contributed by atoms with van der Waals surface area (Å²) in [5, 5.41) is 7.21. The first-order valence-corrected chi connectivity index (χ1v) is 5.12. The average Bonchev–Trinajstić information content (AvgIpc) is 2.24. The van der Waals surface area contributed by atoms with Crippen LogP contribution in [-0.4, -0.2) is 35.9 Å². The smallest absolute Gasteiger partial charge is 0.345 e. The molecule has 0 aromatic carbocycles. The monoisotopic (exact) mass is 266 g/mol. The third-order valence-electron chi connectivity index (χ3n) is 1.58. The van der Waals surface area contributed by atoms with E-state index in [9.17, 15) is 9.59 Å². The number of nitrogens with zero attached hydrogens (tertiary/aromatic N) is 2. The highest BCUT2D eigenvalue weighted by molar-refractivity contribution is 7.83. The van der Waals surface area contributed by atoms with Gasteiger partial charge < -0.3 is 9.47 Å². The van der Waals surface area contributed by atoms with E-state index in [2.05, 4.69) is 45.0 Å². The summed E-state index contributed by atoms with van der Waals surface area (Å²) in [7, 11) is 2.40. The Bertz CT molecular complexity index is 285. The van der Waals surface area contributed by atoms with Crippen LogP contribution in [0.3, 0.4) is 0 Å². The van der Waals surface area contributed by atoms with E-state index in [-0.39, 0.29) is 0 Å². The van der Waals surface area contributed by atoms with Crippen molar-refractivity contribution in [1.29, 1.82) is 0 Å². The highest BCUT2D eigenvalue weighted by Crippen LogP contribution is 2.23. The highest BCUT2D eigenvalue weighted by atomic mass is 32.1. The first-order chi connectivity index (χ1) is 7.17. The molecule has 16 heavy (non-hydrogen) atoms. The maximum absolute atomic E-state index is 11.2. The van der Waals surface area contributed by atoms with Gasteiger partial charge in [0.25, 0.3) is 0 Å². The summed E-state index contributed by atoms with van der Waals surface area (Å²) in [6, 6.07) is 0. The van der Waals surface area contributed by atoms with Crippen LogP contribution in [0, 0.1) is 0 Å². The van der Waals surface area contributed by atoms with Gasteiger partial charge in [-0.15, -0.1) is 25.3 Å². The molecule has 0 rings (SSSR count). The Morgan fingerprint density at radius 2 is 1.19 bits per heavy atom. The second kappa shape index (κ2) is 5.53. The van der Waals surface area contributed by atoms with E-state index in [1.54, 1.807) is 0 Å². The number of ether oxygens (including phenoxy) is 2. The second-order valence-corrected chi connectivity index (χ2v) is 4.97. The number of esters is 2. The van der Waals surface area contributed by atoms with Crippen molar-refractivity contribution in [3.8, 4) is 0 Å². The molecule has 92 valence electrons. The van der Waals surface area contributed by atoms with Crippen LogP contribution >= 0.6 is 25.3 Å². The zero-order chi connectivity index (χ0) is 13.0. The van der Waals surface area contributed by atoms with Crippen LogP contribution in [0.2, 0.25) is 0 Å². The fraction of sp³-hybridized carbons (Fsp3) is 0.750. The summed E-state index contributed by atoms with van der Waals surface area (Å²) in [6.07, 6.45) is 0. The lowest BCUT2D eigenvalue weighted by Crippen LogP contribution is -2.31. The molecule has 0 amide bonds. The van der Waals surface area contributed by atoms with Crippen molar-refractivity contribution < 1.29 is 19.1 Å². The molecule has 0 N–H and O–H groups in total. The molecule has 0 aliphatic carbocycles. The number of carbonyl (C=O) groups excluding carboxylic acids is 2. The van der Waals surface area contributed by atoms with Crippen molar-refractivity contribution >= 4 is 37.2 Å². The maximum Gasteiger partial charge on any atom is 0.345 e. The van der Waals surface area contributed by atoms with Crippen LogP contribution in [-0.2, 0) is 19.1 Å². The molecule has 0 aromatic rings. The van der Waals surface area contributed by atoms with Gasteiger partial charge in [0.05, 0.1) is 14.2 Å². The lowest BCUT2D eigenvalue weighted by atomic mass is 10.3. The molecular weight excluding hydrogens is 252 g/mol. The van der Waals surface area contributed by atoms with E-state index in [0.29, 0.717) is 0 Å². The fourth-order valence-corrected chi connectivity index (χ4v) is 0.935. The first-order valence-electron chi connectivity index (χ1n) is 4.23. The molecule has 0 aromatic heterocycles. The third kappa shape index (κ3) is 4.01. The minimum absolute atomic E-state index is 0.686. The number of azo groups is 1. The van der Waals surface area contributed by atoms with Gasteiger partial charge in [-0.05, 0) is 13.8 Å². The van der Waals surface area contributed by atoms with Crippen LogP contribution in [0.1, 0.15) is 13.8 Å². The molecule has 0 spiro atoms. The maximum atomic E-state index is 11.2. The molecule has 0 aliphatic rings. The summed E-state index contributed by atoms with van der Waals surface area (Å²) in [6.45, 7) is 2.76. The normalized spacial score (nSPS) is 18.6. The van der Waals surface area contributed by atoms with Crippen molar-refractivity contribution in [2.75, 3.05) is 14.2 Å². The minimum Gasteiger partial charge on any atom is -0.467 e. The van der Waals surface area contributed by atoms with E-state index < -0.39 is 21.7 Å². The van der Waals surface area contributed by atoms with E-state index in [1.807, 2.05) is 0 Å². The van der Waals surface area contributed by atoms with Crippen molar-refractivity contribution in [1.82, 2.24) is 0 Å². The predicted molar refractivity (Wildman–Crippen MR) is 63.7 cm³/mol. The summed E-state index contributed by atoms with van der Waals surface area (Å²) < 4.78 is 8.91. The molecule has 2 atom stereocenters. The van der Waals surface area contributed by atoms with Gasteiger partial charge in [-0.25, -0.2) is 9.59 Å². The van der Waals surface area contributed by atoms with Crippen molar-refractivity contribution in [2.24, 2.45) is 10.2 Å². The van der Waals surface area contributed by atoms with E-state index in [4.69, 9.17) is 0 Å². The molecule has 2 unspecified atom stereocenters. The molecule has 0 saturated heterocycles. The number of hydrogen-bond acceptors (Lipinski definition) is 8. The third-order valence-corrected chi connectivity index (χ3v) is 2.13. The Morgan fingerprint density at radius 3 is 1.38 bits per heavy atom. The van der Waals surface area contributed by atoms with Crippen molar-refractivity contribution in [3.63, 3.8) is 0 Å². The second-order valence-electron chi connectivity index (χ2n) is 3.22. The van der Waals surface area contributed by atoms with Gasteiger partial charge in [0.2, 0.25) is 9.74 Å². The van der Waals surface area contributed by atoms with Gasteiger partial charge in [-0.2, -0.15) is 10.2 Å². The highest BCUT2D eigenvalue weighted by Gasteiger charge is 2.34. The zero-order valence-electron chi connectivity index (χ0n) is 9.42. The number of rotatable bonds is 4. The first kappa shape index (κ1) is 15.2. The van der Waals surface area contributed by atoms with E-state index >= 15 is 0 Å². The summed E-state index contributed by atoms with van der Waals surface area (Å²) >= 11 is 7.90. The summed E-state index contributed by atoms with van der Waals surface area (Å²) in [5.74, 6) is -1.37. The Morgan fingerprint density at radius 1 is 0.938 bits per heavy atom. The number of carbonyl (C=O) groups is 2. The number of hydrogen-bond donors (Lipinski definition) is 2. The van der Waals surface area contributed by atoms with Gasteiger partial charge >= 0.3 is 11.9 Å². The predicted octanol–water partition coefficient (Wildman–Crippen LogP) is 1.08. The average molecular weight is 266 g/mol. The van der Waals surface area contributed by atoms with Crippen LogP contribution in [0.5, 0.6) is 0 Å². The molecular formula is C8H14N2O4S2.